The number of aromatic amines is 1. The van der Waals surface area contributed by atoms with Crippen molar-refractivity contribution in [2.75, 3.05) is 54.0 Å². The summed E-state index contributed by atoms with van der Waals surface area (Å²) >= 11 is 6.17. The maximum absolute atomic E-state index is 15.9. The summed E-state index contributed by atoms with van der Waals surface area (Å²) in [5.74, 6) is -0.360. The highest BCUT2D eigenvalue weighted by atomic mass is 35.5. The molecule has 1 aromatic carbocycles. The van der Waals surface area contributed by atoms with Crippen LogP contribution in [0.1, 0.15) is 24.2 Å². The molecule has 0 saturated heterocycles. The zero-order valence-electron chi connectivity index (χ0n) is 21.3. The summed E-state index contributed by atoms with van der Waals surface area (Å²) in [6.07, 6.45) is 1.40. The second kappa shape index (κ2) is 11.0. The lowest BCUT2D eigenvalue weighted by molar-refractivity contribution is 0.146. The quantitative estimate of drug-likeness (QED) is 0.504. The van der Waals surface area contributed by atoms with Gasteiger partial charge < -0.3 is 19.5 Å². The first-order chi connectivity index (χ1) is 17.2. The molecule has 2 atom stereocenters. The topological polar surface area (TPSA) is 86.2 Å². The summed E-state index contributed by atoms with van der Waals surface area (Å²) in [5.41, 5.74) is 2.54. The maximum Gasteiger partial charge on any atom is 0.165 e. The monoisotopic (exact) mass is 517 g/mol. The van der Waals surface area contributed by atoms with E-state index in [2.05, 4.69) is 26.9 Å². The minimum absolute atomic E-state index is 0.0435. The summed E-state index contributed by atoms with van der Waals surface area (Å²) < 4.78 is 27.8. The number of rotatable bonds is 10. The number of halogens is 2. The molecular weight excluding hydrogens is 485 g/mol. The van der Waals surface area contributed by atoms with Gasteiger partial charge in [0, 0.05) is 36.5 Å². The number of fused-ring (bicyclic) bond motifs is 2. The summed E-state index contributed by atoms with van der Waals surface area (Å²) in [6, 6.07) is 4.17. The number of H-pyrrole nitrogens is 1. The largest absolute Gasteiger partial charge is 0.506 e. The molecule has 1 aliphatic carbocycles. The highest BCUT2D eigenvalue weighted by Gasteiger charge is 2.41. The van der Waals surface area contributed by atoms with E-state index in [1.54, 1.807) is 19.2 Å². The molecule has 0 saturated carbocycles. The first kappa shape index (κ1) is 26.2. The average Bonchev–Trinajstić information content (AvgIpc) is 3.22. The van der Waals surface area contributed by atoms with Gasteiger partial charge in [-0.15, -0.1) is 0 Å². The van der Waals surface area contributed by atoms with E-state index >= 15 is 4.39 Å². The molecule has 2 aliphatic rings. The SMILES string of the molecule is CCN(CCOC1=C(OC)C2=c3c(C)n[nH]c3=NC(c3ccc(O)c(Cl)c3)[C@H]2C(F)=C1)CCN(C)C. The summed E-state index contributed by atoms with van der Waals surface area (Å²) in [6.45, 7) is 7.82. The molecule has 0 fully saturated rings. The number of likely N-dealkylation sites (N-methyl/N-ethyl adjacent to an activating group) is 2. The number of nitrogens with one attached hydrogen (secondary N) is 1. The third-order valence-corrected chi connectivity index (χ3v) is 6.92. The molecule has 0 radical (unpaired) electrons. The fraction of sp³-hybridized carbons (Fsp3) is 0.462. The van der Waals surface area contributed by atoms with E-state index in [1.807, 2.05) is 21.0 Å². The molecule has 0 bridgehead atoms. The molecule has 2 heterocycles. The number of hydrogen-bond donors (Lipinski definition) is 2. The van der Waals surface area contributed by atoms with Gasteiger partial charge in [0.15, 0.2) is 17.0 Å². The van der Waals surface area contributed by atoms with Crippen LogP contribution in [0, 0.1) is 12.8 Å². The van der Waals surface area contributed by atoms with Crippen molar-refractivity contribution in [3.8, 4) is 5.75 Å². The first-order valence-corrected chi connectivity index (χ1v) is 12.4. The lowest BCUT2D eigenvalue weighted by atomic mass is 9.79. The lowest BCUT2D eigenvalue weighted by Gasteiger charge is -2.32. The number of aromatic nitrogens is 2. The fourth-order valence-corrected chi connectivity index (χ4v) is 4.85. The lowest BCUT2D eigenvalue weighted by Crippen LogP contribution is -2.39. The van der Waals surface area contributed by atoms with Crippen LogP contribution in [0.15, 0.2) is 46.6 Å². The van der Waals surface area contributed by atoms with E-state index in [0.717, 1.165) is 19.6 Å². The number of aryl methyl sites for hydroxylation is 1. The number of ether oxygens (including phenoxy) is 2. The van der Waals surface area contributed by atoms with E-state index in [-0.39, 0.29) is 16.6 Å². The number of phenols is 1. The molecule has 8 nitrogen and oxygen atoms in total. The van der Waals surface area contributed by atoms with Crippen LogP contribution in [0.25, 0.3) is 5.57 Å². The van der Waals surface area contributed by atoms with Crippen LogP contribution in [-0.4, -0.2) is 79.1 Å². The van der Waals surface area contributed by atoms with Crippen molar-refractivity contribution in [1.82, 2.24) is 20.0 Å². The minimum Gasteiger partial charge on any atom is -0.506 e. The van der Waals surface area contributed by atoms with Crippen molar-refractivity contribution in [1.29, 1.82) is 0 Å². The Kier molecular flexibility index (Phi) is 8.02. The van der Waals surface area contributed by atoms with Crippen molar-refractivity contribution < 1.29 is 19.0 Å². The second-order valence-electron chi connectivity index (χ2n) is 9.22. The minimum atomic E-state index is -0.746. The van der Waals surface area contributed by atoms with Crippen LogP contribution >= 0.6 is 11.6 Å². The number of phenolic OH excluding ortho intramolecular Hbond substituents is 1. The number of nitrogens with zero attached hydrogens (tertiary/aromatic N) is 4. The Morgan fingerprint density at radius 3 is 2.67 bits per heavy atom. The zero-order chi connectivity index (χ0) is 26.0. The van der Waals surface area contributed by atoms with E-state index in [0.29, 0.717) is 52.2 Å². The molecule has 36 heavy (non-hydrogen) atoms. The van der Waals surface area contributed by atoms with Crippen molar-refractivity contribution in [3.63, 3.8) is 0 Å². The van der Waals surface area contributed by atoms with Gasteiger partial charge >= 0.3 is 0 Å². The van der Waals surface area contributed by atoms with Crippen LogP contribution in [0.4, 0.5) is 4.39 Å². The second-order valence-corrected chi connectivity index (χ2v) is 9.63. The Bertz CT molecular complexity index is 1300. The first-order valence-electron chi connectivity index (χ1n) is 12.0. The Hall–Kier alpha value is -2.88. The molecule has 0 amide bonds. The molecule has 4 rings (SSSR count). The van der Waals surface area contributed by atoms with Gasteiger partial charge in [0.2, 0.25) is 0 Å². The molecular formula is C26H33ClFN5O3. The van der Waals surface area contributed by atoms with Gasteiger partial charge in [-0.05, 0) is 45.3 Å². The number of aromatic hydroxyl groups is 1. The molecule has 1 aromatic heterocycles. The standard InChI is InChI=1S/C26H33ClFN5O3/c1-6-33(10-9-32(3)4)11-12-36-20-14-18(28)22-23(25(20)35-5)21-15(2)30-31-26(21)29-24(22)16-7-8-19(34)17(27)13-16/h7-8,13-14,22,24,34H,6,9-12H2,1-5H3,(H,29,31)/t22-,24?/m0/s1. The molecule has 1 aliphatic heterocycles. The summed E-state index contributed by atoms with van der Waals surface area (Å²) in [5, 5.41) is 18.1. The van der Waals surface area contributed by atoms with Crippen molar-refractivity contribution in [2.45, 2.75) is 19.9 Å². The third kappa shape index (κ3) is 5.14. The predicted octanol–water partition coefficient (Wildman–Crippen LogP) is 2.84. The Balaban J connectivity index is 1.71. The molecule has 10 heteroatoms. The van der Waals surface area contributed by atoms with Crippen molar-refractivity contribution in [2.24, 2.45) is 10.9 Å². The van der Waals surface area contributed by atoms with Crippen molar-refractivity contribution in [3.05, 3.63) is 68.6 Å². The van der Waals surface area contributed by atoms with Gasteiger partial charge in [-0.1, -0.05) is 24.6 Å². The van der Waals surface area contributed by atoms with E-state index in [4.69, 9.17) is 26.1 Å². The smallest absolute Gasteiger partial charge is 0.165 e. The number of hydrogen-bond acceptors (Lipinski definition) is 7. The van der Waals surface area contributed by atoms with Crippen LogP contribution < -0.4 is 10.7 Å². The number of benzene rings is 1. The van der Waals surface area contributed by atoms with E-state index < -0.39 is 12.0 Å². The molecule has 194 valence electrons. The Labute approximate surface area is 215 Å². The Morgan fingerprint density at radius 1 is 1.22 bits per heavy atom. The van der Waals surface area contributed by atoms with E-state index in [9.17, 15) is 5.11 Å². The molecule has 1 unspecified atom stereocenters. The number of methoxy groups -OCH3 is 1. The molecule has 2 N–H and O–H groups in total. The number of allylic oxidation sites excluding steroid dienone is 2. The Morgan fingerprint density at radius 2 is 2.00 bits per heavy atom. The zero-order valence-corrected chi connectivity index (χ0v) is 22.1. The van der Waals surface area contributed by atoms with Crippen LogP contribution in [0.2, 0.25) is 5.02 Å². The highest BCUT2D eigenvalue weighted by Crippen LogP contribution is 2.46. The molecule has 0 spiro atoms. The van der Waals surface area contributed by atoms with Gasteiger partial charge in [0.1, 0.15) is 18.2 Å². The van der Waals surface area contributed by atoms with Gasteiger partial charge in [-0.25, -0.2) is 4.39 Å². The van der Waals surface area contributed by atoms with Crippen LogP contribution in [0.5, 0.6) is 5.75 Å². The average molecular weight is 518 g/mol. The third-order valence-electron chi connectivity index (χ3n) is 6.62. The van der Waals surface area contributed by atoms with E-state index in [1.165, 1.54) is 12.1 Å². The van der Waals surface area contributed by atoms with Gasteiger partial charge in [-0.2, -0.15) is 5.10 Å². The van der Waals surface area contributed by atoms with Gasteiger partial charge in [-0.3, -0.25) is 15.0 Å². The van der Waals surface area contributed by atoms with Gasteiger partial charge in [0.25, 0.3) is 0 Å². The van der Waals surface area contributed by atoms with Crippen molar-refractivity contribution >= 4 is 17.2 Å². The summed E-state index contributed by atoms with van der Waals surface area (Å²) in [4.78, 5) is 9.20. The summed E-state index contributed by atoms with van der Waals surface area (Å²) in [7, 11) is 5.65. The molecule has 2 aromatic rings. The predicted molar refractivity (Wildman–Crippen MR) is 137 cm³/mol. The highest BCUT2D eigenvalue weighted by molar-refractivity contribution is 6.32. The van der Waals surface area contributed by atoms with Crippen LogP contribution in [0.3, 0.4) is 0 Å². The maximum atomic E-state index is 15.9. The van der Waals surface area contributed by atoms with Gasteiger partial charge in [0.05, 0.1) is 29.8 Å². The fourth-order valence-electron chi connectivity index (χ4n) is 4.67. The normalized spacial score (nSPS) is 19.2. The van der Waals surface area contributed by atoms with Crippen LogP contribution in [-0.2, 0) is 9.47 Å².